The fourth-order valence-corrected chi connectivity index (χ4v) is 2.36. The van der Waals surface area contributed by atoms with Gasteiger partial charge >= 0.3 is 5.97 Å². The van der Waals surface area contributed by atoms with Gasteiger partial charge in [-0.15, -0.1) is 6.58 Å². The summed E-state index contributed by atoms with van der Waals surface area (Å²) in [5.74, 6) is -0.0299. The summed E-state index contributed by atoms with van der Waals surface area (Å²) in [4.78, 5) is 11.2. The van der Waals surface area contributed by atoms with Crippen molar-refractivity contribution in [3.8, 4) is 0 Å². The van der Waals surface area contributed by atoms with E-state index in [0.717, 1.165) is 19.3 Å². The summed E-state index contributed by atoms with van der Waals surface area (Å²) in [7, 11) is 0. The maximum atomic E-state index is 11.2. The van der Waals surface area contributed by atoms with E-state index in [1.165, 1.54) is 0 Å². The van der Waals surface area contributed by atoms with Crippen molar-refractivity contribution in [1.29, 1.82) is 0 Å². The monoisotopic (exact) mass is 182 g/mol. The Morgan fingerprint density at radius 3 is 2.69 bits per heavy atom. The molecule has 1 saturated carbocycles. The fraction of sp³-hybridized carbons (Fsp3) is 0.727. The lowest BCUT2D eigenvalue weighted by Gasteiger charge is -2.29. The number of rotatable bonds is 3. The Morgan fingerprint density at radius 2 is 2.38 bits per heavy atom. The lowest BCUT2D eigenvalue weighted by Crippen LogP contribution is -2.34. The molecule has 0 heterocycles. The second kappa shape index (κ2) is 3.52. The van der Waals surface area contributed by atoms with E-state index in [-0.39, 0.29) is 5.92 Å². The van der Waals surface area contributed by atoms with Crippen LogP contribution in [0.1, 0.15) is 33.1 Å². The molecule has 0 radical (unpaired) electrons. The van der Waals surface area contributed by atoms with Gasteiger partial charge in [-0.3, -0.25) is 4.79 Å². The SMILES string of the molecule is C=CC(C)C1(C(=O)O)CCC(C)C1. The molecule has 3 atom stereocenters. The summed E-state index contributed by atoms with van der Waals surface area (Å²) in [6, 6.07) is 0. The van der Waals surface area contributed by atoms with Crippen LogP contribution in [-0.2, 0) is 4.79 Å². The highest BCUT2D eigenvalue weighted by Gasteiger charge is 2.47. The third kappa shape index (κ3) is 1.62. The van der Waals surface area contributed by atoms with Gasteiger partial charge in [0, 0.05) is 0 Å². The van der Waals surface area contributed by atoms with Crippen LogP contribution in [0.25, 0.3) is 0 Å². The van der Waals surface area contributed by atoms with Crippen LogP contribution in [0.4, 0.5) is 0 Å². The predicted octanol–water partition coefficient (Wildman–Crippen LogP) is 2.70. The Bertz CT molecular complexity index is 222. The lowest BCUT2D eigenvalue weighted by atomic mass is 9.74. The van der Waals surface area contributed by atoms with Crippen LogP contribution in [-0.4, -0.2) is 11.1 Å². The summed E-state index contributed by atoms with van der Waals surface area (Å²) in [6.45, 7) is 7.78. The molecular formula is C11H18O2. The second-order valence-electron chi connectivity index (χ2n) is 4.33. The minimum Gasteiger partial charge on any atom is -0.481 e. The van der Waals surface area contributed by atoms with Crippen molar-refractivity contribution in [3.05, 3.63) is 12.7 Å². The Balaban J connectivity index is 2.89. The summed E-state index contributed by atoms with van der Waals surface area (Å²) in [5.41, 5.74) is -0.527. The number of allylic oxidation sites excluding steroid dienone is 1. The molecule has 1 rings (SSSR count). The van der Waals surface area contributed by atoms with Crippen LogP contribution >= 0.6 is 0 Å². The number of carboxylic acid groups (broad SMARTS) is 1. The molecule has 1 aliphatic rings. The van der Waals surface area contributed by atoms with Gasteiger partial charge < -0.3 is 5.11 Å². The molecule has 74 valence electrons. The highest BCUT2D eigenvalue weighted by Crippen LogP contribution is 2.47. The molecule has 0 saturated heterocycles. The van der Waals surface area contributed by atoms with Gasteiger partial charge in [-0.05, 0) is 31.1 Å². The largest absolute Gasteiger partial charge is 0.481 e. The first kappa shape index (κ1) is 10.3. The van der Waals surface area contributed by atoms with E-state index in [1.54, 1.807) is 6.08 Å². The van der Waals surface area contributed by atoms with Gasteiger partial charge in [0.05, 0.1) is 5.41 Å². The number of hydrogen-bond acceptors (Lipinski definition) is 1. The number of hydrogen-bond donors (Lipinski definition) is 1. The quantitative estimate of drug-likeness (QED) is 0.681. The molecule has 0 spiro atoms. The molecule has 13 heavy (non-hydrogen) atoms. The second-order valence-corrected chi connectivity index (χ2v) is 4.33. The van der Waals surface area contributed by atoms with Crippen molar-refractivity contribution in [2.45, 2.75) is 33.1 Å². The molecule has 1 N–H and O–H groups in total. The molecule has 2 nitrogen and oxygen atoms in total. The maximum absolute atomic E-state index is 11.2. The molecule has 1 fully saturated rings. The van der Waals surface area contributed by atoms with E-state index in [0.29, 0.717) is 5.92 Å². The molecule has 0 bridgehead atoms. The van der Waals surface area contributed by atoms with E-state index >= 15 is 0 Å². The molecule has 0 aromatic rings. The van der Waals surface area contributed by atoms with Crippen LogP contribution in [0.15, 0.2) is 12.7 Å². The lowest BCUT2D eigenvalue weighted by molar-refractivity contribution is -0.151. The highest BCUT2D eigenvalue weighted by molar-refractivity contribution is 5.75. The summed E-state index contributed by atoms with van der Waals surface area (Å²) < 4.78 is 0. The highest BCUT2D eigenvalue weighted by atomic mass is 16.4. The van der Waals surface area contributed by atoms with E-state index in [2.05, 4.69) is 13.5 Å². The molecular weight excluding hydrogens is 164 g/mol. The number of carbonyl (C=O) groups is 1. The standard InChI is InChI=1S/C11H18O2/c1-4-9(3)11(10(12)13)6-5-8(2)7-11/h4,8-9H,1,5-7H2,2-3H3,(H,12,13). The van der Waals surface area contributed by atoms with E-state index in [4.69, 9.17) is 0 Å². The van der Waals surface area contributed by atoms with Gasteiger partial charge in [0.25, 0.3) is 0 Å². The van der Waals surface area contributed by atoms with Gasteiger partial charge in [0.2, 0.25) is 0 Å². The predicted molar refractivity (Wildman–Crippen MR) is 52.4 cm³/mol. The maximum Gasteiger partial charge on any atom is 0.310 e. The third-order valence-corrected chi connectivity index (χ3v) is 3.45. The Kier molecular flexibility index (Phi) is 2.79. The van der Waals surface area contributed by atoms with Gasteiger partial charge in [-0.2, -0.15) is 0 Å². The van der Waals surface area contributed by atoms with Crippen molar-refractivity contribution in [2.24, 2.45) is 17.3 Å². The van der Waals surface area contributed by atoms with Gasteiger partial charge in [-0.25, -0.2) is 0 Å². The van der Waals surface area contributed by atoms with Gasteiger partial charge in [0.15, 0.2) is 0 Å². The van der Waals surface area contributed by atoms with Crippen LogP contribution in [0, 0.1) is 17.3 Å². The number of aliphatic carboxylic acids is 1. The molecule has 0 aromatic heterocycles. The van der Waals surface area contributed by atoms with Gasteiger partial charge in [0.1, 0.15) is 0 Å². The Hall–Kier alpha value is -0.790. The average molecular weight is 182 g/mol. The topological polar surface area (TPSA) is 37.3 Å². The first-order valence-corrected chi connectivity index (χ1v) is 4.89. The van der Waals surface area contributed by atoms with Crippen LogP contribution in [0.3, 0.4) is 0 Å². The fourth-order valence-electron chi connectivity index (χ4n) is 2.36. The first-order valence-electron chi connectivity index (χ1n) is 4.89. The Morgan fingerprint density at radius 1 is 1.77 bits per heavy atom. The van der Waals surface area contributed by atoms with E-state index in [9.17, 15) is 9.90 Å². The molecule has 0 aliphatic heterocycles. The zero-order chi connectivity index (χ0) is 10.1. The summed E-state index contributed by atoms with van der Waals surface area (Å²) in [6.07, 6.45) is 4.41. The van der Waals surface area contributed by atoms with Gasteiger partial charge in [-0.1, -0.05) is 19.9 Å². The zero-order valence-corrected chi connectivity index (χ0v) is 8.42. The zero-order valence-electron chi connectivity index (χ0n) is 8.42. The van der Waals surface area contributed by atoms with Crippen molar-refractivity contribution in [1.82, 2.24) is 0 Å². The summed E-state index contributed by atoms with van der Waals surface area (Å²) in [5, 5.41) is 9.24. The van der Waals surface area contributed by atoms with Crippen LogP contribution in [0.5, 0.6) is 0 Å². The van der Waals surface area contributed by atoms with E-state index < -0.39 is 11.4 Å². The minimum atomic E-state index is -0.649. The van der Waals surface area contributed by atoms with Crippen LogP contribution in [0.2, 0.25) is 0 Å². The molecule has 3 unspecified atom stereocenters. The first-order chi connectivity index (χ1) is 6.03. The number of carboxylic acids is 1. The molecule has 2 heteroatoms. The van der Waals surface area contributed by atoms with Crippen molar-refractivity contribution >= 4 is 5.97 Å². The van der Waals surface area contributed by atoms with Crippen LogP contribution < -0.4 is 0 Å². The molecule has 1 aliphatic carbocycles. The van der Waals surface area contributed by atoms with Crippen molar-refractivity contribution in [3.63, 3.8) is 0 Å². The normalized spacial score (nSPS) is 35.7. The Labute approximate surface area is 79.6 Å². The van der Waals surface area contributed by atoms with Crippen molar-refractivity contribution in [2.75, 3.05) is 0 Å². The van der Waals surface area contributed by atoms with E-state index in [1.807, 2.05) is 6.92 Å². The smallest absolute Gasteiger partial charge is 0.310 e. The minimum absolute atomic E-state index is 0.0787. The third-order valence-electron chi connectivity index (χ3n) is 3.45. The average Bonchev–Trinajstić information content (AvgIpc) is 2.47. The van der Waals surface area contributed by atoms with Crippen molar-refractivity contribution < 1.29 is 9.90 Å². The molecule has 0 aromatic carbocycles. The summed E-state index contributed by atoms with van der Waals surface area (Å²) >= 11 is 0. The molecule has 0 amide bonds.